The van der Waals surface area contributed by atoms with E-state index in [1.54, 1.807) is 17.5 Å². The Hall–Kier alpha value is -3.66. The quantitative estimate of drug-likeness (QED) is 0.394. The molecule has 1 aliphatic carbocycles. The molecular weight excluding hydrogens is 428 g/mol. The van der Waals surface area contributed by atoms with Crippen molar-refractivity contribution < 1.29 is 13.6 Å². The van der Waals surface area contributed by atoms with Crippen molar-refractivity contribution in [2.75, 3.05) is 17.2 Å². The number of nitrogen functional groups attached to an aromatic ring is 2. The molecule has 0 saturated carbocycles. The average Bonchev–Trinajstić information content (AvgIpc) is 3.52. The highest BCUT2D eigenvalue weighted by Crippen LogP contribution is 2.44. The van der Waals surface area contributed by atoms with Gasteiger partial charge < -0.3 is 20.3 Å². The van der Waals surface area contributed by atoms with Gasteiger partial charge in [-0.15, -0.1) is 0 Å². The molecule has 32 heavy (non-hydrogen) atoms. The van der Waals surface area contributed by atoms with Gasteiger partial charge in [-0.25, -0.2) is 15.0 Å². The first-order chi connectivity index (χ1) is 15.6. The lowest BCUT2D eigenvalue weighted by molar-refractivity contribution is -0.132. The van der Waals surface area contributed by atoms with Crippen molar-refractivity contribution in [2.24, 2.45) is 0 Å². The van der Waals surface area contributed by atoms with Crippen molar-refractivity contribution >= 4 is 35.4 Å². The van der Waals surface area contributed by atoms with Gasteiger partial charge in [-0.1, -0.05) is 11.8 Å². The largest absolute Gasteiger partial charge is 0.467 e. The van der Waals surface area contributed by atoms with Gasteiger partial charge in [-0.2, -0.15) is 0 Å². The fraction of sp³-hybridized carbons (Fsp3) is 0.227. The van der Waals surface area contributed by atoms with E-state index < -0.39 is 0 Å². The van der Waals surface area contributed by atoms with Crippen LogP contribution in [0.1, 0.15) is 36.8 Å². The summed E-state index contributed by atoms with van der Waals surface area (Å²) in [5.74, 6) is 2.01. The third kappa shape index (κ3) is 3.96. The van der Waals surface area contributed by atoms with E-state index in [-0.39, 0.29) is 29.3 Å². The van der Waals surface area contributed by atoms with Gasteiger partial charge in [0.25, 0.3) is 5.91 Å². The van der Waals surface area contributed by atoms with E-state index in [1.807, 2.05) is 30.3 Å². The Kier molecular flexibility index (Phi) is 5.36. The highest BCUT2D eigenvalue weighted by atomic mass is 32.2. The topological polar surface area (TPSA) is 136 Å². The van der Waals surface area contributed by atoms with Crippen molar-refractivity contribution in [1.82, 2.24) is 20.4 Å². The lowest BCUT2D eigenvalue weighted by Crippen LogP contribution is -2.41. The minimum absolute atomic E-state index is 0.116. The number of thioether (sulfide) groups is 1. The molecule has 0 radical (unpaired) electrons. The molecule has 5 N–H and O–H groups in total. The second kappa shape index (κ2) is 8.46. The molecule has 164 valence electrons. The first-order valence-electron chi connectivity index (χ1n) is 10.2. The van der Waals surface area contributed by atoms with Crippen LogP contribution in [0.5, 0.6) is 0 Å². The molecular formula is C22H22N6O3S. The van der Waals surface area contributed by atoms with Crippen LogP contribution in [0.4, 0.5) is 11.6 Å². The predicted molar refractivity (Wildman–Crippen MR) is 121 cm³/mol. The fourth-order valence-corrected chi connectivity index (χ4v) is 4.78. The Morgan fingerprint density at radius 3 is 2.69 bits per heavy atom. The smallest absolute Gasteiger partial charge is 0.252 e. The molecule has 5 rings (SSSR count). The second-order valence-electron chi connectivity index (χ2n) is 7.52. The maximum atomic E-state index is 13.3. The molecule has 2 aliphatic rings. The summed E-state index contributed by atoms with van der Waals surface area (Å²) in [4.78, 5) is 21.6. The van der Waals surface area contributed by atoms with E-state index in [0.717, 1.165) is 41.9 Å². The van der Waals surface area contributed by atoms with E-state index in [9.17, 15) is 4.79 Å². The molecule has 0 unspecified atom stereocenters. The number of carbonyl (C=O) groups excluding carboxylic acids is 1. The number of allylic oxidation sites excluding steroid dienone is 1. The number of amides is 1. The molecule has 0 aromatic carbocycles. The van der Waals surface area contributed by atoms with Crippen molar-refractivity contribution in [2.45, 2.75) is 30.5 Å². The molecule has 0 spiro atoms. The van der Waals surface area contributed by atoms with Gasteiger partial charge >= 0.3 is 0 Å². The van der Waals surface area contributed by atoms with Crippen molar-refractivity contribution in [3.05, 3.63) is 71.2 Å². The Labute approximate surface area is 188 Å². The summed E-state index contributed by atoms with van der Waals surface area (Å²) >= 11 is 1.19. The normalized spacial score (nSPS) is 19.3. The maximum absolute atomic E-state index is 13.3. The Morgan fingerprint density at radius 1 is 1.19 bits per heavy atom. The number of aromatic nitrogens is 2. The first-order valence-corrected chi connectivity index (χ1v) is 11.2. The van der Waals surface area contributed by atoms with Crippen LogP contribution in [0.3, 0.4) is 0 Å². The summed E-state index contributed by atoms with van der Waals surface area (Å²) in [5.41, 5.74) is 18.0. The van der Waals surface area contributed by atoms with Gasteiger partial charge in [0.2, 0.25) is 0 Å². The highest BCUT2D eigenvalue weighted by molar-refractivity contribution is 7.99. The molecule has 3 aromatic heterocycles. The number of nitrogens with zero attached hydrogens (tertiary/aromatic N) is 3. The SMILES string of the molecule is Nc1cc(N)nc(SCC(=O)N2NC3=C(CCC/C3=C\c3ccco3)[C@H]2c2ccco2)n1. The van der Waals surface area contributed by atoms with Crippen molar-refractivity contribution in [3.63, 3.8) is 0 Å². The number of furan rings is 2. The van der Waals surface area contributed by atoms with Crippen LogP contribution in [0.25, 0.3) is 6.08 Å². The first kappa shape index (κ1) is 20.3. The average molecular weight is 451 g/mol. The van der Waals surface area contributed by atoms with Crippen LogP contribution in [-0.2, 0) is 4.79 Å². The summed E-state index contributed by atoms with van der Waals surface area (Å²) in [5, 5.41) is 1.99. The molecule has 3 aromatic rings. The zero-order valence-electron chi connectivity index (χ0n) is 17.2. The molecule has 4 heterocycles. The van der Waals surface area contributed by atoms with E-state index >= 15 is 0 Å². The van der Waals surface area contributed by atoms with Crippen LogP contribution in [0.15, 0.2) is 73.7 Å². The molecule has 0 fully saturated rings. The van der Waals surface area contributed by atoms with Crippen molar-refractivity contribution in [1.29, 1.82) is 0 Å². The lowest BCUT2D eigenvalue weighted by Gasteiger charge is -2.25. The standard InChI is InChI=1S/C22H22N6O3S/c23-17-11-18(24)26-22(25-17)32-12-19(29)28-21(16-7-3-9-31-16)15-6-1-4-13(20(15)27-28)10-14-5-2-8-30-14/h2-3,5,7-11,21,27H,1,4,6,12H2,(H4,23,24,25,26)/b13-10+/t21-/m0/s1. The molecule has 0 saturated heterocycles. The lowest BCUT2D eigenvalue weighted by atomic mass is 9.88. The molecule has 1 atom stereocenters. The zero-order valence-corrected chi connectivity index (χ0v) is 18.0. The van der Waals surface area contributed by atoms with Crippen molar-refractivity contribution in [3.8, 4) is 0 Å². The van der Waals surface area contributed by atoms with Gasteiger partial charge in [-0.3, -0.25) is 10.2 Å². The van der Waals surface area contributed by atoms with E-state index in [2.05, 4.69) is 15.4 Å². The summed E-state index contributed by atoms with van der Waals surface area (Å²) in [6.07, 6.45) is 8.04. The number of rotatable bonds is 5. The fourth-order valence-electron chi connectivity index (χ4n) is 4.05. The van der Waals surface area contributed by atoms with Gasteiger partial charge in [0, 0.05) is 6.07 Å². The maximum Gasteiger partial charge on any atom is 0.252 e. The predicted octanol–water partition coefficient (Wildman–Crippen LogP) is 3.53. The highest BCUT2D eigenvalue weighted by Gasteiger charge is 2.40. The zero-order chi connectivity index (χ0) is 22.1. The third-order valence-electron chi connectivity index (χ3n) is 5.37. The summed E-state index contributed by atoms with van der Waals surface area (Å²) in [6.45, 7) is 0. The van der Waals surface area contributed by atoms with Crippen LogP contribution in [-0.4, -0.2) is 26.6 Å². The molecule has 1 aliphatic heterocycles. The van der Waals surface area contributed by atoms with Crippen LogP contribution >= 0.6 is 11.8 Å². The van der Waals surface area contributed by atoms with Crippen LogP contribution in [0, 0.1) is 0 Å². The number of hydrogen-bond acceptors (Lipinski definition) is 9. The van der Waals surface area contributed by atoms with Gasteiger partial charge in [0.15, 0.2) is 5.16 Å². The monoisotopic (exact) mass is 450 g/mol. The Morgan fingerprint density at radius 2 is 1.97 bits per heavy atom. The summed E-state index contributed by atoms with van der Waals surface area (Å²) < 4.78 is 11.2. The number of hydrogen-bond donors (Lipinski definition) is 3. The van der Waals surface area contributed by atoms with Gasteiger partial charge in [0.1, 0.15) is 29.2 Å². The van der Waals surface area contributed by atoms with E-state index in [4.69, 9.17) is 20.3 Å². The van der Waals surface area contributed by atoms with Gasteiger partial charge in [-0.05, 0) is 60.8 Å². The van der Waals surface area contributed by atoms with E-state index in [0.29, 0.717) is 10.9 Å². The molecule has 9 nitrogen and oxygen atoms in total. The number of anilines is 2. The van der Waals surface area contributed by atoms with E-state index in [1.165, 1.54) is 17.8 Å². The van der Waals surface area contributed by atoms with Crippen LogP contribution in [0.2, 0.25) is 0 Å². The summed E-state index contributed by atoms with van der Waals surface area (Å²) in [7, 11) is 0. The number of nitrogens with one attached hydrogen (secondary N) is 1. The second-order valence-corrected chi connectivity index (χ2v) is 8.46. The number of nitrogens with two attached hydrogens (primary N) is 2. The summed E-state index contributed by atoms with van der Waals surface area (Å²) in [6, 6.07) is 8.65. The molecule has 0 bridgehead atoms. The number of carbonyl (C=O) groups is 1. The third-order valence-corrected chi connectivity index (χ3v) is 6.20. The molecule has 10 heteroatoms. The Balaban J connectivity index is 1.42. The Bertz CT molecular complexity index is 1170. The minimum atomic E-state index is -0.319. The minimum Gasteiger partial charge on any atom is -0.467 e. The number of hydrazine groups is 1. The molecule has 1 amide bonds. The van der Waals surface area contributed by atoms with Gasteiger partial charge in [0.05, 0.1) is 24.0 Å². The van der Waals surface area contributed by atoms with Crippen LogP contribution < -0.4 is 16.9 Å².